The molecule has 7 nitrogen and oxygen atoms in total. The number of thioether (sulfide) groups is 1. The Morgan fingerprint density at radius 2 is 2.25 bits per heavy atom. The van der Waals surface area contributed by atoms with E-state index in [1.807, 2.05) is 34.6 Å². The molecule has 0 aliphatic carbocycles. The highest BCUT2D eigenvalue weighted by atomic mass is 32.2. The number of thiazole rings is 1. The van der Waals surface area contributed by atoms with E-state index in [0.717, 1.165) is 0 Å². The molecule has 3 heterocycles. The van der Waals surface area contributed by atoms with Crippen molar-refractivity contribution in [2.75, 3.05) is 11.1 Å². The molecule has 20 heavy (non-hydrogen) atoms. The summed E-state index contributed by atoms with van der Waals surface area (Å²) >= 11 is 2.70. The van der Waals surface area contributed by atoms with E-state index in [9.17, 15) is 4.79 Å². The predicted octanol–water partition coefficient (Wildman–Crippen LogP) is 1.58. The number of carbonyl (C=O) groups excluding carboxylic acids is 1. The van der Waals surface area contributed by atoms with Crippen LogP contribution in [0.5, 0.6) is 0 Å². The number of anilines is 1. The fourth-order valence-corrected chi connectivity index (χ4v) is 2.77. The molecule has 102 valence electrons. The van der Waals surface area contributed by atoms with Gasteiger partial charge in [0.25, 0.3) is 0 Å². The summed E-state index contributed by atoms with van der Waals surface area (Å²) in [6.45, 7) is 0. The molecule has 0 spiro atoms. The van der Waals surface area contributed by atoms with Crippen LogP contribution in [0.2, 0.25) is 0 Å². The van der Waals surface area contributed by atoms with Crippen molar-refractivity contribution in [1.29, 1.82) is 0 Å². The van der Waals surface area contributed by atoms with Gasteiger partial charge in [0.05, 0.1) is 5.75 Å². The molecule has 0 bridgehead atoms. The number of hydrogen-bond acceptors (Lipinski definition) is 6. The third-order valence-corrected chi connectivity index (χ3v) is 3.97. The number of carbonyl (C=O) groups is 1. The first-order valence-corrected chi connectivity index (χ1v) is 7.55. The van der Waals surface area contributed by atoms with Crippen molar-refractivity contribution < 1.29 is 4.79 Å². The average molecular weight is 306 g/mol. The molecular formula is C11H10N6OS2. The van der Waals surface area contributed by atoms with Crippen molar-refractivity contribution in [3.05, 3.63) is 42.4 Å². The molecular weight excluding hydrogens is 296 g/mol. The summed E-state index contributed by atoms with van der Waals surface area (Å²) in [6, 6.07) is 3.81. The van der Waals surface area contributed by atoms with Crippen molar-refractivity contribution in [1.82, 2.24) is 24.5 Å². The number of hydrogen-bond donors (Lipinski definition) is 1. The lowest BCUT2D eigenvalue weighted by atomic mass is 10.7. The van der Waals surface area contributed by atoms with Crippen molar-refractivity contribution >= 4 is 34.1 Å². The largest absolute Gasteiger partial charge is 0.301 e. The second kappa shape index (κ2) is 5.88. The van der Waals surface area contributed by atoms with Gasteiger partial charge in [0, 0.05) is 24.0 Å². The number of aromatic nitrogens is 5. The van der Waals surface area contributed by atoms with E-state index < -0.39 is 0 Å². The van der Waals surface area contributed by atoms with Gasteiger partial charge in [-0.15, -0.1) is 21.5 Å². The molecule has 1 amide bonds. The highest BCUT2D eigenvalue weighted by molar-refractivity contribution is 7.99. The SMILES string of the molecule is O=C(CSc1nncn1-n1cccc1)Nc1nccs1. The van der Waals surface area contributed by atoms with Gasteiger partial charge in [0.15, 0.2) is 5.13 Å². The van der Waals surface area contributed by atoms with Crippen LogP contribution in [-0.2, 0) is 4.79 Å². The molecule has 0 unspecified atom stereocenters. The van der Waals surface area contributed by atoms with Crippen molar-refractivity contribution in [2.45, 2.75) is 5.16 Å². The van der Waals surface area contributed by atoms with Gasteiger partial charge in [0.1, 0.15) is 6.33 Å². The summed E-state index contributed by atoms with van der Waals surface area (Å²) in [4.78, 5) is 15.8. The van der Waals surface area contributed by atoms with Crippen molar-refractivity contribution in [3.8, 4) is 0 Å². The summed E-state index contributed by atoms with van der Waals surface area (Å²) in [7, 11) is 0. The van der Waals surface area contributed by atoms with Crippen LogP contribution >= 0.6 is 23.1 Å². The number of rotatable bonds is 5. The Morgan fingerprint density at radius 1 is 1.40 bits per heavy atom. The number of nitrogens with zero attached hydrogens (tertiary/aromatic N) is 5. The number of amides is 1. The first-order chi connectivity index (χ1) is 9.83. The minimum Gasteiger partial charge on any atom is -0.301 e. The standard InChI is InChI=1S/C11H10N6OS2/c18-9(14-10-12-3-6-19-10)7-20-11-15-13-8-17(11)16-4-1-2-5-16/h1-6,8H,7H2,(H,12,14,18). The average Bonchev–Trinajstić information content (AvgIpc) is 3.18. The minimum atomic E-state index is -0.119. The Bertz CT molecular complexity index is 676. The van der Waals surface area contributed by atoms with E-state index in [1.165, 1.54) is 23.1 Å². The smallest absolute Gasteiger partial charge is 0.236 e. The fourth-order valence-electron chi connectivity index (χ4n) is 1.51. The summed E-state index contributed by atoms with van der Waals surface area (Å²) < 4.78 is 3.60. The van der Waals surface area contributed by atoms with Crippen LogP contribution in [0.25, 0.3) is 0 Å². The Balaban J connectivity index is 1.62. The lowest BCUT2D eigenvalue weighted by molar-refractivity contribution is -0.113. The van der Waals surface area contributed by atoms with Crippen molar-refractivity contribution in [2.24, 2.45) is 0 Å². The fraction of sp³-hybridized carbons (Fsp3) is 0.0909. The van der Waals surface area contributed by atoms with Gasteiger partial charge in [-0.05, 0) is 12.1 Å². The van der Waals surface area contributed by atoms with E-state index in [4.69, 9.17) is 0 Å². The zero-order valence-electron chi connectivity index (χ0n) is 10.2. The summed E-state index contributed by atoms with van der Waals surface area (Å²) in [5, 5.41) is 13.6. The minimum absolute atomic E-state index is 0.119. The molecule has 3 rings (SSSR count). The van der Waals surface area contributed by atoms with E-state index >= 15 is 0 Å². The maximum atomic E-state index is 11.8. The Morgan fingerprint density at radius 3 is 3.00 bits per heavy atom. The quantitative estimate of drug-likeness (QED) is 0.724. The molecule has 0 aliphatic rings. The molecule has 1 N–H and O–H groups in total. The normalized spacial score (nSPS) is 10.6. The third-order valence-electron chi connectivity index (χ3n) is 2.35. The zero-order chi connectivity index (χ0) is 13.8. The van der Waals surface area contributed by atoms with Crippen LogP contribution in [0.15, 0.2) is 47.6 Å². The molecule has 3 aromatic rings. The van der Waals surface area contributed by atoms with E-state index in [0.29, 0.717) is 10.3 Å². The predicted molar refractivity (Wildman–Crippen MR) is 76.7 cm³/mol. The molecule has 3 aromatic heterocycles. The zero-order valence-corrected chi connectivity index (χ0v) is 11.8. The van der Waals surface area contributed by atoms with Crippen LogP contribution in [0.1, 0.15) is 0 Å². The second-order valence-corrected chi connectivity index (χ2v) is 5.53. The molecule has 0 saturated heterocycles. The van der Waals surface area contributed by atoms with E-state index in [-0.39, 0.29) is 11.7 Å². The molecule has 0 aromatic carbocycles. The van der Waals surface area contributed by atoms with Gasteiger partial charge in [-0.1, -0.05) is 11.8 Å². The van der Waals surface area contributed by atoms with E-state index in [1.54, 1.807) is 17.2 Å². The first-order valence-electron chi connectivity index (χ1n) is 5.69. The van der Waals surface area contributed by atoms with Crippen LogP contribution in [-0.4, -0.2) is 36.2 Å². The first kappa shape index (κ1) is 12.9. The number of nitrogens with one attached hydrogen (secondary N) is 1. The Labute approximate surface area is 122 Å². The highest BCUT2D eigenvalue weighted by Gasteiger charge is 2.10. The molecule has 0 atom stereocenters. The summed E-state index contributed by atoms with van der Waals surface area (Å²) in [5.74, 6) is 0.131. The molecule has 0 radical (unpaired) electrons. The lowest BCUT2D eigenvalue weighted by Crippen LogP contribution is -2.15. The maximum absolute atomic E-state index is 11.8. The van der Waals surface area contributed by atoms with E-state index in [2.05, 4.69) is 20.5 Å². The molecule has 9 heteroatoms. The van der Waals surface area contributed by atoms with Crippen LogP contribution < -0.4 is 5.32 Å². The van der Waals surface area contributed by atoms with Gasteiger partial charge in [-0.25, -0.2) is 9.66 Å². The van der Waals surface area contributed by atoms with Gasteiger partial charge in [0.2, 0.25) is 11.1 Å². The topological polar surface area (TPSA) is 77.6 Å². The van der Waals surface area contributed by atoms with Crippen molar-refractivity contribution in [3.63, 3.8) is 0 Å². The third kappa shape index (κ3) is 2.89. The van der Waals surface area contributed by atoms with Gasteiger partial charge < -0.3 is 5.32 Å². The molecule has 0 saturated carbocycles. The lowest BCUT2D eigenvalue weighted by Gasteiger charge is -2.06. The van der Waals surface area contributed by atoms with Crippen LogP contribution in [0.4, 0.5) is 5.13 Å². The highest BCUT2D eigenvalue weighted by Crippen LogP contribution is 2.16. The second-order valence-electron chi connectivity index (χ2n) is 3.70. The molecule has 0 aliphatic heterocycles. The summed E-state index contributed by atoms with van der Waals surface area (Å²) in [5.41, 5.74) is 0. The van der Waals surface area contributed by atoms with Crippen LogP contribution in [0.3, 0.4) is 0 Å². The molecule has 0 fully saturated rings. The monoisotopic (exact) mass is 306 g/mol. The van der Waals surface area contributed by atoms with Crippen LogP contribution in [0, 0.1) is 0 Å². The Kier molecular flexibility index (Phi) is 3.79. The van der Waals surface area contributed by atoms with Gasteiger partial charge >= 0.3 is 0 Å². The maximum Gasteiger partial charge on any atom is 0.236 e. The Hall–Kier alpha value is -2.13. The summed E-state index contributed by atoms with van der Waals surface area (Å²) in [6.07, 6.45) is 7.00. The van der Waals surface area contributed by atoms with Gasteiger partial charge in [-0.2, -0.15) is 0 Å². The van der Waals surface area contributed by atoms with Gasteiger partial charge in [-0.3, -0.25) is 9.47 Å².